The Morgan fingerprint density at radius 3 is 2.76 bits per heavy atom. The van der Waals surface area contributed by atoms with Gasteiger partial charge in [-0.15, -0.1) is 0 Å². The van der Waals surface area contributed by atoms with Gasteiger partial charge in [-0.3, -0.25) is 0 Å². The molecule has 0 aliphatic carbocycles. The molecule has 0 amide bonds. The summed E-state index contributed by atoms with van der Waals surface area (Å²) < 4.78 is 1.83. The first kappa shape index (κ1) is 10.0. The molecule has 0 fully saturated rings. The average molecular weight is 223 g/mol. The van der Waals surface area contributed by atoms with Gasteiger partial charge in [-0.25, -0.2) is 9.67 Å². The van der Waals surface area contributed by atoms with E-state index in [9.17, 15) is 0 Å². The summed E-state index contributed by atoms with van der Waals surface area (Å²) in [5, 5.41) is 5.68. The summed E-state index contributed by atoms with van der Waals surface area (Å²) in [6.07, 6.45) is 2.01. The molecule has 2 aromatic heterocycles. The van der Waals surface area contributed by atoms with Crippen molar-refractivity contribution in [3.63, 3.8) is 0 Å². The molecule has 0 aliphatic rings. The normalized spacial score (nSPS) is 10.9. The van der Waals surface area contributed by atoms with E-state index < -0.39 is 0 Å². The highest BCUT2D eigenvalue weighted by atomic mass is 15.3. The van der Waals surface area contributed by atoms with Gasteiger partial charge in [0.15, 0.2) is 5.82 Å². The van der Waals surface area contributed by atoms with Crippen LogP contribution >= 0.6 is 0 Å². The van der Waals surface area contributed by atoms with Crippen LogP contribution in [0.4, 0.5) is 0 Å². The molecule has 0 bridgehead atoms. The fourth-order valence-electron chi connectivity index (χ4n) is 1.90. The molecule has 2 heterocycles. The molecule has 0 spiro atoms. The number of fused-ring (bicyclic) bond motifs is 1. The van der Waals surface area contributed by atoms with E-state index in [1.165, 1.54) is 5.56 Å². The summed E-state index contributed by atoms with van der Waals surface area (Å²) in [5.74, 6) is 0.860. The van der Waals surface area contributed by atoms with E-state index in [4.69, 9.17) is 0 Å². The van der Waals surface area contributed by atoms with Gasteiger partial charge in [0.25, 0.3) is 0 Å². The lowest BCUT2D eigenvalue weighted by molar-refractivity contribution is 0.853. The maximum absolute atomic E-state index is 4.54. The van der Waals surface area contributed by atoms with Gasteiger partial charge in [-0.1, -0.05) is 18.2 Å². The first-order valence-electron chi connectivity index (χ1n) is 5.62. The van der Waals surface area contributed by atoms with E-state index in [2.05, 4.69) is 35.2 Å². The molecule has 0 aliphatic heterocycles. The zero-order valence-electron chi connectivity index (χ0n) is 9.88. The van der Waals surface area contributed by atoms with Crippen LogP contribution in [-0.2, 0) is 0 Å². The van der Waals surface area contributed by atoms with Crippen molar-refractivity contribution in [2.45, 2.75) is 13.8 Å². The fourth-order valence-corrected chi connectivity index (χ4v) is 1.90. The van der Waals surface area contributed by atoms with Crippen molar-refractivity contribution < 1.29 is 0 Å². The predicted octanol–water partition coefficient (Wildman–Crippen LogP) is 3.04. The molecule has 0 saturated heterocycles. The molecule has 0 radical (unpaired) electrons. The molecule has 1 aromatic carbocycles. The van der Waals surface area contributed by atoms with Gasteiger partial charge >= 0.3 is 0 Å². The van der Waals surface area contributed by atoms with Gasteiger partial charge in [0, 0.05) is 17.3 Å². The Kier molecular flexibility index (Phi) is 2.18. The molecule has 84 valence electrons. The van der Waals surface area contributed by atoms with E-state index in [-0.39, 0.29) is 0 Å². The average Bonchev–Trinajstić information content (AvgIpc) is 2.72. The first-order valence-corrected chi connectivity index (χ1v) is 5.62. The Balaban J connectivity index is 2.18. The summed E-state index contributed by atoms with van der Waals surface area (Å²) in [7, 11) is 0. The number of rotatable bonds is 1. The number of aromatic nitrogens is 3. The van der Waals surface area contributed by atoms with Crippen LogP contribution in [0.5, 0.6) is 0 Å². The lowest BCUT2D eigenvalue weighted by atomic mass is 10.2. The second-order valence-corrected chi connectivity index (χ2v) is 4.27. The summed E-state index contributed by atoms with van der Waals surface area (Å²) in [5.41, 5.74) is 3.23. The maximum atomic E-state index is 4.54. The van der Waals surface area contributed by atoms with Crippen molar-refractivity contribution in [2.75, 3.05) is 0 Å². The van der Waals surface area contributed by atoms with Gasteiger partial charge in [0.05, 0.1) is 5.52 Å². The molecule has 3 nitrogen and oxygen atoms in total. The summed E-state index contributed by atoms with van der Waals surface area (Å²) in [4.78, 5) is 4.46. The quantitative estimate of drug-likeness (QED) is 0.634. The molecule has 0 atom stereocenters. The van der Waals surface area contributed by atoms with E-state index in [0.29, 0.717) is 0 Å². The predicted molar refractivity (Wildman–Crippen MR) is 68.3 cm³/mol. The monoisotopic (exact) mass is 223 g/mol. The molecular formula is C14H13N3. The first-order chi connectivity index (χ1) is 8.22. The van der Waals surface area contributed by atoms with E-state index in [0.717, 1.165) is 22.4 Å². The third kappa shape index (κ3) is 1.80. The van der Waals surface area contributed by atoms with Gasteiger partial charge in [0.1, 0.15) is 0 Å². The number of nitrogens with zero attached hydrogens (tertiary/aromatic N) is 3. The Morgan fingerprint density at radius 1 is 1.06 bits per heavy atom. The molecule has 0 unspecified atom stereocenters. The number of benzene rings is 1. The van der Waals surface area contributed by atoms with Gasteiger partial charge in [-0.2, -0.15) is 5.10 Å². The van der Waals surface area contributed by atoms with Crippen molar-refractivity contribution in [1.29, 1.82) is 0 Å². The SMILES string of the molecule is Cc1ccc2cn(-c3cccc(C)n3)nc2c1. The lowest BCUT2D eigenvalue weighted by Crippen LogP contribution is -1.98. The Morgan fingerprint density at radius 2 is 1.94 bits per heavy atom. The summed E-state index contributed by atoms with van der Waals surface area (Å²) in [6.45, 7) is 4.06. The zero-order valence-corrected chi connectivity index (χ0v) is 9.88. The topological polar surface area (TPSA) is 30.7 Å². The summed E-state index contributed by atoms with van der Waals surface area (Å²) >= 11 is 0. The van der Waals surface area contributed by atoms with Crippen molar-refractivity contribution in [1.82, 2.24) is 14.8 Å². The molecule has 0 saturated carbocycles. The van der Waals surface area contributed by atoms with Crippen molar-refractivity contribution >= 4 is 10.9 Å². The van der Waals surface area contributed by atoms with Crippen LogP contribution in [0.3, 0.4) is 0 Å². The molecule has 0 N–H and O–H groups in total. The molecule has 3 heteroatoms. The highest BCUT2D eigenvalue weighted by molar-refractivity contribution is 5.79. The number of aryl methyl sites for hydroxylation is 2. The van der Waals surface area contributed by atoms with Crippen molar-refractivity contribution in [3.8, 4) is 5.82 Å². The van der Waals surface area contributed by atoms with Crippen LogP contribution in [-0.4, -0.2) is 14.8 Å². The smallest absolute Gasteiger partial charge is 0.153 e. The lowest BCUT2D eigenvalue weighted by Gasteiger charge is -1.99. The zero-order chi connectivity index (χ0) is 11.8. The Hall–Kier alpha value is -2.16. The third-order valence-electron chi connectivity index (χ3n) is 2.77. The highest BCUT2D eigenvalue weighted by Gasteiger charge is 2.03. The minimum Gasteiger partial charge on any atom is -0.234 e. The van der Waals surface area contributed by atoms with Crippen LogP contribution in [0.2, 0.25) is 0 Å². The second kappa shape index (κ2) is 3.70. The van der Waals surface area contributed by atoms with E-state index >= 15 is 0 Å². The minimum absolute atomic E-state index is 0.860. The number of hydrogen-bond acceptors (Lipinski definition) is 2. The Bertz CT molecular complexity index is 683. The molecular weight excluding hydrogens is 210 g/mol. The Labute approximate surface area is 99.7 Å². The van der Waals surface area contributed by atoms with Crippen molar-refractivity contribution in [2.24, 2.45) is 0 Å². The van der Waals surface area contributed by atoms with Gasteiger partial charge in [-0.05, 0) is 37.6 Å². The van der Waals surface area contributed by atoms with Gasteiger partial charge < -0.3 is 0 Å². The van der Waals surface area contributed by atoms with Crippen LogP contribution < -0.4 is 0 Å². The van der Waals surface area contributed by atoms with Crippen LogP contribution in [0, 0.1) is 13.8 Å². The summed E-state index contributed by atoms with van der Waals surface area (Å²) in [6, 6.07) is 12.2. The second-order valence-electron chi connectivity index (χ2n) is 4.27. The van der Waals surface area contributed by atoms with Crippen LogP contribution in [0.15, 0.2) is 42.6 Å². The standard InChI is InChI=1S/C14H13N3/c1-10-6-7-12-9-17(16-13(12)8-10)14-5-3-4-11(2)15-14/h3-9H,1-2H3. The molecule has 17 heavy (non-hydrogen) atoms. The number of pyridine rings is 1. The van der Waals surface area contributed by atoms with Gasteiger partial charge in [0.2, 0.25) is 0 Å². The van der Waals surface area contributed by atoms with Crippen LogP contribution in [0.1, 0.15) is 11.3 Å². The minimum atomic E-state index is 0.860. The van der Waals surface area contributed by atoms with E-state index in [1.807, 2.05) is 36.0 Å². The molecule has 3 aromatic rings. The van der Waals surface area contributed by atoms with E-state index in [1.54, 1.807) is 0 Å². The molecule has 3 rings (SSSR count). The largest absolute Gasteiger partial charge is 0.234 e. The third-order valence-corrected chi connectivity index (χ3v) is 2.77. The fraction of sp³-hybridized carbons (Fsp3) is 0.143. The van der Waals surface area contributed by atoms with Crippen LogP contribution in [0.25, 0.3) is 16.7 Å². The number of hydrogen-bond donors (Lipinski definition) is 0. The maximum Gasteiger partial charge on any atom is 0.153 e. The highest BCUT2D eigenvalue weighted by Crippen LogP contribution is 2.16. The van der Waals surface area contributed by atoms with Crippen molar-refractivity contribution in [3.05, 3.63) is 53.9 Å².